The monoisotopic (exact) mass is 758 g/mol. The Balaban J connectivity index is 4.47. The van der Waals surface area contributed by atoms with Crippen LogP contribution >= 0.6 is 7.82 Å². The molecule has 0 saturated heterocycles. The highest BCUT2D eigenvalue weighted by Gasteiger charge is 2.21. The van der Waals surface area contributed by atoms with Gasteiger partial charge in [0, 0.05) is 19.3 Å². The summed E-state index contributed by atoms with van der Waals surface area (Å²) in [5, 5.41) is 0. The average Bonchev–Trinajstić information content (AvgIpc) is 3.08. The molecule has 0 bridgehead atoms. The van der Waals surface area contributed by atoms with Crippen molar-refractivity contribution in [3.63, 3.8) is 0 Å². The van der Waals surface area contributed by atoms with E-state index >= 15 is 0 Å². The summed E-state index contributed by atoms with van der Waals surface area (Å²) in [6.07, 6.45) is 30.4. The van der Waals surface area contributed by atoms with Crippen LogP contribution in [0.2, 0.25) is 0 Å². The molecular weight excluding hydrogens is 681 g/mol. The Bertz CT molecular complexity index is 1010. The SMILES string of the molecule is CCCCCCCCCCCCCCC(=O)OC[C@H](COP(=O)([O-])OCC[N+](C)(C)C)OC(=O)CCCCCCC/C=C\C=C\C(=O)CCCCC. The van der Waals surface area contributed by atoms with Gasteiger partial charge in [0.05, 0.1) is 27.7 Å². The van der Waals surface area contributed by atoms with E-state index in [1.807, 2.05) is 33.3 Å². The van der Waals surface area contributed by atoms with Gasteiger partial charge in [-0.15, -0.1) is 0 Å². The zero-order chi connectivity index (χ0) is 38.8. The third-order valence-corrected chi connectivity index (χ3v) is 9.66. The summed E-state index contributed by atoms with van der Waals surface area (Å²) in [5.41, 5.74) is 0. The Hall–Kier alpha value is -1.84. The first-order valence-electron chi connectivity index (χ1n) is 20.5. The van der Waals surface area contributed by atoms with Gasteiger partial charge in [-0.3, -0.25) is 18.9 Å². The summed E-state index contributed by atoms with van der Waals surface area (Å²) in [4.78, 5) is 49.1. The molecule has 0 aliphatic heterocycles. The summed E-state index contributed by atoms with van der Waals surface area (Å²) < 4.78 is 33.7. The van der Waals surface area contributed by atoms with Crippen molar-refractivity contribution in [2.24, 2.45) is 0 Å². The molecule has 0 N–H and O–H groups in total. The van der Waals surface area contributed by atoms with Crippen molar-refractivity contribution in [3.8, 4) is 0 Å². The third kappa shape index (κ3) is 36.5. The first kappa shape index (κ1) is 50.2. The fourth-order valence-electron chi connectivity index (χ4n) is 5.40. The van der Waals surface area contributed by atoms with E-state index in [1.54, 1.807) is 6.08 Å². The second kappa shape index (κ2) is 33.7. The number of rotatable bonds is 37. The van der Waals surface area contributed by atoms with Crippen molar-refractivity contribution in [3.05, 3.63) is 24.3 Å². The largest absolute Gasteiger partial charge is 0.756 e. The number of phosphoric acid groups is 1. The minimum atomic E-state index is -4.64. The Morgan fingerprint density at radius 2 is 1.13 bits per heavy atom. The molecule has 0 rings (SSSR count). The number of esters is 2. The van der Waals surface area contributed by atoms with Gasteiger partial charge in [-0.1, -0.05) is 135 Å². The van der Waals surface area contributed by atoms with E-state index in [-0.39, 0.29) is 31.8 Å². The molecule has 0 spiro atoms. The van der Waals surface area contributed by atoms with E-state index < -0.39 is 32.5 Å². The van der Waals surface area contributed by atoms with Gasteiger partial charge in [0.15, 0.2) is 11.9 Å². The molecule has 0 fully saturated rings. The van der Waals surface area contributed by atoms with E-state index in [2.05, 4.69) is 19.9 Å². The molecule has 0 aliphatic carbocycles. The van der Waals surface area contributed by atoms with Crippen molar-refractivity contribution in [1.82, 2.24) is 0 Å². The molecule has 0 aliphatic rings. The maximum atomic E-state index is 12.6. The van der Waals surface area contributed by atoms with E-state index in [0.717, 1.165) is 70.6 Å². The zero-order valence-corrected chi connectivity index (χ0v) is 34.6. The van der Waals surface area contributed by atoms with Gasteiger partial charge >= 0.3 is 11.9 Å². The van der Waals surface area contributed by atoms with Crippen LogP contribution in [0.1, 0.15) is 168 Å². The summed E-state index contributed by atoms with van der Waals surface area (Å²) in [6, 6.07) is 0. The van der Waals surface area contributed by atoms with Crippen molar-refractivity contribution in [2.45, 2.75) is 174 Å². The number of hydrogen-bond acceptors (Lipinski definition) is 9. The van der Waals surface area contributed by atoms with Gasteiger partial charge in [-0.2, -0.15) is 0 Å². The van der Waals surface area contributed by atoms with E-state index in [9.17, 15) is 23.8 Å². The van der Waals surface area contributed by atoms with Gasteiger partial charge in [0.1, 0.15) is 19.8 Å². The number of nitrogens with zero attached hydrogens (tertiary/aromatic N) is 1. The Morgan fingerprint density at radius 1 is 0.635 bits per heavy atom. The predicted octanol–water partition coefficient (Wildman–Crippen LogP) is 9.73. The molecule has 52 heavy (non-hydrogen) atoms. The average molecular weight is 758 g/mol. The second-order valence-corrected chi connectivity index (χ2v) is 16.5. The number of carbonyl (C=O) groups is 3. The molecule has 0 heterocycles. The fraction of sp³-hybridized carbons (Fsp3) is 0.829. The number of ketones is 1. The van der Waals surface area contributed by atoms with Crippen LogP contribution in [0.4, 0.5) is 0 Å². The van der Waals surface area contributed by atoms with E-state index in [0.29, 0.717) is 23.9 Å². The number of hydrogen-bond donors (Lipinski definition) is 0. The predicted molar refractivity (Wildman–Crippen MR) is 209 cm³/mol. The molecule has 0 radical (unpaired) electrons. The number of quaternary nitrogens is 1. The fourth-order valence-corrected chi connectivity index (χ4v) is 6.13. The van der Waals surface area contributed by atoms with Crippen LogP contribution in [-0.2, 0) is 37.5 Å². The van der Waals surface area contributed by atoms with Gasteiger partial charge < -0.3 is 27.9 Å². The first-order valence-corrected chi connectivity index (χ1v) is 22.0. The van der Waals surface area contributed by atoms with Crippen molar-refractivity contribution in [1.29, 1.82) is 0 Å². The van der Waals surface area contributed by atoms with Gasteiger partial charge in [-0.25, -0.2) is 0 Å². The topological polar surface area (TPSA) is 128 Å². The van der Waals surface area contributed by atoms with Crippen LogP contribution in [0.3, 0.4) is 0 Å². The lowest BCUT2D eigenvalue weighted by Gasteiger charge is -2.28. The number of carbonyl (C=O) groups excluding carboxylic acids is 3. The molecule has 1 unspecified atom stereocenters. The van der Waals surface area contributed by atoms with Crippen LogP contribution in [0.5, 0.6) is 0 Å². The molecule has 0 aromatic rings. The van der Waals surface area contributed by atoms with Gasteiger partial charge in [0.25, 0.3) is 7.82 Å². The molecule has 0 aromatic heterocycles. The molecule has 0 aromatic carbocycles. The molecule has 10 nitrogen and oxygen atoms in total. The smallest absolute Gasteiger partial charge is 0.306 e. The normalized spacial score (nSPS) is 13.8. The number of unbranched alkanes of at least 4 members (excludes halogenated alkanes) is 18. The first-order chi connectivity index (χ1) is 24.9. The Labute approximate surface area is 317 Å². The highest BCUT2D eigenvalue weighted by atomic mass is 31.2. The van der Waals surface area contributed by atoms with Gasteiger partial charge in [0.2, 0.25) is 0 Å². The van der Waals surface area contributed by atoms with Crippen molar-refractivity contribution >= 4 is 25.5 Å². The van der Waals surface area contributed by atoms with Crippen LogP contribution < -0.4 is 4.89 Å². The maximum Gasteiger partial charge on any atom is 0.306 e. The molecule has 0 saturated carbocycles. The molecule has 2 atom stereocenters. The number of allylic oxidation sites excluding steroid dienone is 4. The lowest BCUT2D eigenvalue weighted by Crippen LogP contribution is -2.37. The second-order valence-electron chi connectivity index (χ2n) is 15.0. The van der Waals surface area contributed by atoms with Gasteiger partial charge in [-0.05, 0) is 38.2 Å². The lowest BCUT2D eigenvalue weighted by atomic mass is 10.0. The quantitative estimate of drug-likeness (QED) is 0.0152. The van der Waals surface area contributed by atoms with Crippen LogP contribution in [-0.4, -0.2) is 75.8 Å². The molecule has 304 valence electrons. The van der Waals surface area contributed by atoms with Crippen LogP contribution in [0, 0.1) is 0 Å². The zero-order valence-electron chi connectivity index (χ0n) is 33.8. The standard InChI is InChI=1S/C41H76NO9P/c1-6-8-10-11-12-13-14-15-18-21-24-28-32-40(44)48-36-39(37-50-52(46,47)49-35-34-42(3,4)5)51-41(45)33-29-25-22-19-16-17-20-23-27-31-38(43)30-26-9-7-2/h20,23,27,31,39H,6-19,21-22,24-26,28-30,32-37H2,1-5H3/b23-20-,31-27+/t39-/m1/s1. The number of likely N-dealkylation sites (N-methyl/N-ethyl adjacent to an activating group) is 1. The van der Waals surface area contributed by atoms with Crippen LogP contribution in [0.25, 0.3) is 0 Å². The highest BCUT2D eigenvalue weighted by Crippen LogP contribution is 2.38. The van der Waals surface area contributed by atoms with E-state index in [4.69, 9.17) is 18.5 Å². The Kier molecular flexibility index (Phi) is 32.5. The summed E-state index contributed by atoms with van der Waals surface area (Å²) >= 11 is 0. The Morgan fingerprint density at radius 3 is 1.71 bits per heavy atom. The summed E-state index contributed by atoms with van der Waals surface area (Å²) in [6.45, 7) is 4.00. The molecule has 11 heteroatoms. The number of phosphoric ester groups is 1. The van der Waals surface area contributed by atoms with Crippen molar-refractivity contribution in [2.75, 3.05) is 47.5 Å². The summed E-state index contributed by atoms with van der Waals surface area (Å²) in [7, 11) is 1.11. The minimum Gasteiger partial charge on any atom is -0.756 e. The van der Waals surface area contributed by atoms with Crippen molar-refractivity contribution < 1.29 is 46.8 Å². The minimum absolute atomic E-state index is 0.0453. The molecule has 0 amide bonds. The maximum absolute atomic E-state index is 12.6. The van der Waals surface area contributed by atoms with E-state index in [1.165, 1.54) is 57.8 Å². The molecular formula is C41H76NO9P. The van der Waals surface area contributed by atoms with Crippen LogP contribution in [0.15, 0.2) is 24.3 Å². The number of ether oxygens (including phenoxy) is 2. The lowest BCUT2D eigenvalue weighted by molar-refractivity contribution is -0.870. The highest BCUT2D eigenvalue weighted by molar-refractivity contribution is 7.45. The third-order valence-electron chi connectivity index (χ3n) is 8.70. The summed E-state index contributed by atoms with van der Waals surface area (Å²) in [5.74, 6) is -0.720.